The molecule has 0 aromatic carbocycles. The van der Waals surface area contributed by atoms with E-state index in [1.165, 1.54) is 0 Å². The molecule has 0 radical (unpaired) electrons. The number of nitrogens with zero attached hydrogens (tertiary/aromatic N) is 3. The van der Waals surface area contributed by atoms with E-state index in [0.717, 1.165) is 37.3 Å². The quantitative estimate of drug-likeness (QED) is 0.894. The summed E-state index contributed by atoms with van der Waals surface area (Å²) in [6.07, 6.45) is 5.83. The van der Waals surface area contributed by atoms with Gasteiger partial charge in [0.15, 0.2) is 0 Å². The molecule has 1 N–H and O–H groups in total. The number of piperidine rings is 1. The number of likely N-dealkylation sites (tertiary alicyclic amines) is 1. The molecule has 1 saturated heterocycles. The first-order valence-corrected chi connectivity index (χ1v) is 6.54. The number of carboxylic acids is 1. The van der Waals surface area contributed by atoms with Gasteiger partial charge in [-0.3, -0.25) is 0 Å². The molecule has 0 aliphatic carbocycles. The van der Waals surface area contributed by atoms with Crippen molar-refractivity contribution in [3.8, 4) is 0 Å². The van der Waals surface area contributed by atoms with Gasteiger partial charge in [-0.25, -0.2) is 9.78 Å². The summed E-state index contributed by atoms with van der Waals surface area (Å²) in [5.41, 5.74) is 2.19. The molecule has 1 fully saturated rings. The third-order valence-corrected chi connectivity index (χ3v) is 3.85. The van der Waals surface area contributed by atoms with Gasteiger partial charge in [0.1, 0.15) is 5.65 Å². The van der Waals surface area contributed by atoms with Crippen LogP contribution in [0.5, 0.6) is 0 Å². The summed E-state index contributed by atoms with van der Waals surface area (Å²) >= 11 is 0. The van der Waals surface area contributed by atoms with E-state index in [2.05, 4.69) is 16.9 Å². The van der Waals surface area contributed by atoms with Gasteiger partial charge in [0.2, 0.25) is 0 Å². The lowest BCUT2D eigenvalue weighted by molar-refractivity contribution is 0.0696. The first-order chi connectivity index (χ1) is 9.13. The van der Waals surface area contributed by atoms with Crippen LogP contribution < -0.4 is 0 Å². The molecule has 0 bridgehead atoms. The third kappa shape index (κ3) is 2.33. The van der Waals surface area contributed by atoms with Crippen molar-refractivity contribution in [2.24, 2.45) is 0 Å². The maximum absolute atomic E-state index is 10.9. The number of hydrogen-bond donors (Lipinski definition) is 1. The minimum absolute atomic E-state index is 0.292. The summed E-state index contributed by atoms with van der Waals surface area (Å²) in [6, 6.07) is 3.37. The molecule has 0 unspecified atom stereocenters. The lowest BCUT2D eigenvalue weighted by atomic mass is 9.94. The molecule has 3 rings (SSSR count). The molecular weight excluding hydrogens is 242 g/mol. The average Bonchev–Trinajstić information content (AvgIpc) is 2.82. The van der Waals surface area contributed by atoms with Crippen LogP contribution in [0.2, 0.25) is 0 Å². The van der Waals surface area contributed by atoms with Crippen LogP contribution in [-0.2, 0) is 0 Å². The number of carboxylic acid groups (broad SMARTS) is 1. The van der Waals surface area contributed by atoms with Gasteiger partial charge in [-0.05, 0) is 45.1 Å². The molecule has 2 aromatic heterocycles. The van der Waals surface area contributed by atoms with Gasteiger partial charge in [-0.15, -0.1) is 0 Å². The van der Waals surface area contributed by atoms with Crippen molar-refractivity contribution in [1.82, 2.24) is 14.3 Å². The Morgan fingerprint density at radius 3 is 2.74 bits per heavy atom. The third-order valence-electron chi connectivity index (χ3n) is 3.85. The topological polar surface area (TPSA) is 57.8 Å². The Morgan fingerprint density at radius 1 is 1.32 bits per heavy atom. The maximum Gasteiger partial charge on any atom is 0.337 e. The molecule has 0 saturated carbocycles. The number of hydrogen-bond acceptors (Lipinski definition) is 3. The SMILES string of the molecule is CN1CCC(c2cn3cc(C(=O)O)ccc3n2)CC1. The lowest BCUT2D eigenvalue weighted by Gasteiger charge is -2.27. The lowest BCUT2D eigenvalue weighted by Crippen LogP contribution is -2.29. The van der Waals surface area contributed by atoms with Gasteiger partial charge in [0.25, 0.3) is 0 Å². The molecule has 2 aromatic rings. The Bertz CT molecular complexity index is 612. The molecule has 0 atom stereocenters. The fraction of sp³-hybridized carbons (Fsp3) is 0.429. The summed E-state index contributed by atoms with van der Waals surface area (Å²) in [4.78, 5) is 17.9. The van der Waals surface area contributed by atoms with Crippen molar-refractivity contribution in [2.45, 2.75) is 18.8 Å². The molecule has 0 spiro atoms. The summed E-state index contributed by atoms with van der Waals surface area (Å²) < 4.78 is 1.82. The molecule has 1 aliphatic heterocycles. The van der Waals surface area contributed by atoms with Crippen molar-refractivity contribution < 1.29 is 9.90 Å². The zero-order valence-electron chi connectivity index (χ0n) is 10.9. The fourth-order valence-corrected chi connectivity index (χ4v) is 2.64. The van der Waals surface area contributed by atoms with E-state index in [4.69, 9.17) is 5.11 Å². The molecule has 0 amide bonds. The standard InChI is InChI=1S/C14H17N3O2/c1-16-6-4-10(5-7-16)12-9-17-8-11(14(18)19)2-3-13(17)15-12/h2-3,8-10H,4-7H2,1H3,(H,18,19). The number of rotatable bonds is 2. The van der Waals surface area contributed by atoms with Crippen LogP contribution in [0, 0.1) is 0 Å². The first-order valence-electron chi connectivity index (χ1n) is 6.54. The van der Waals surface area contributed by atoms with E-state index in [1.54, 1.807) is 18.3 Å². The number of carbonyl (C=O) groups is 1. The van der Waals surface area contributed by atoms with Gasteiger partial charge >= 0.3 is 5.97 Å². The van der Waals surface area contributed by atoms with Crippen LogP contribution in [0.1, 0.15) is 34.8 Å². The van der Waals surface area contributed by atoms with Crippen molar-refractivity contribution in [3.05, 3.63) is 35.8 Å². The van der Waals surface area contributed by atoms with Crippen LogP contribution in [0.3, 0.4) is 0 Å². The van der Waals surface area contributed by atoms with Crippen molar-refractivity contribution >= 4 is 11.6 Å². The highest BCUT2D eigenvalue weighted by molar-refractivity contribution is 5.87. The van der Waals surface area contributed by atoms with Gasteiger partial charge in [-0.1, -0.05) is 0 Å². The smallest absolute Gasteiger partial charge is 0.337 e. The molecule has 5 nitrogen and oxygen atoms in total. The van der Waals surface area contributed by atoms with E-state index in [-0.39, 0.29) is 0 Å². The van der Waals surface area contributed by atoms with Crippen LogP contribution in [0.25, 0.3) is 5.65 Å². The number of imidazole rings is 1. The predicted octanol–water partition coefficient (Wildman–Crippen LogP) is 1.84. The van der Waals surface area contributed by atoms with E-state index < -0.39 is 5.97 Å². The second-order valence-electron chi connectivity index (χ2n) is 5.23. The normalized spacial score (nSPS) is 17.9. The van der Waals surface area contributed by atoms with Gasteiger partial charge in [0, 0.05) is 18.3 Å². The Hall–Kier alpha value is -1.88. The van der Waals surface area contributed by atoms with Gasteiger partial charge < -0.3 is 14.4 Å². The van der Waals surface area contributed by atoms with Crippen LogP contribution in [0.15, 0.2) is 24.5 Å². The predicted molar refractivity (Wildman–Crippen MR) is 71.6 cm³/mol. The van der Waals surface area contributed by atoms with Crippen molar-refractivity contribution in [1.29, 1.82) is 0 Å². The minimum Gasteiger partial charge on any atom is -0.478 e. The Balaban J connectivity index is 1.91. The van der Waals surface area contributed by atoms with Gasteiger partial charge in [-0.2, -0.15) is 0 Å². The van der Waals surface area contributed by atoms with E-state index >= 15 is 0 Å². The number of aromatic carboxylic acids is 1. The van der Waals surface area contributed by atoms with E-state index in [9.17, 15) is 4.79 Å². The monoisotopic (exact) mass is 259 g/mol. The summed E-state index contributed by atoms with van der Waals surface area (Å²) in [5.74, 6) is -0.416. The Labute approximate surface area is 111 Å². The average molecular weight is 259 g/mol. The summed E-state index contributed by atoms with van der Waals surface area (Å²) in [7, 11) is 2.14. The first kappa shape index (κ1) is 12.2. The van der Waals surface area contributed by atoms with E-state index in [1.807, 2.05) is 10.6 Å². The van der Waals surface area contributed by atoms with Crippen LogP contribution in [0.4, 0.5) is 0 Å². The highest BCUT2D eigenvalue weighted by Crippen LogP contribution is 2.27. The molecular formula is C14H17N3O2. The van der Waals surface area contributed by atoms with Crippen molar-refractivity contribution in [2.75, 3.05) is 20.1 Å². The number of fused-ring (bicyclic) bond motifs is 1. The zero-order chi connectivity index (χ0) is 13.4. The molecule has 5 heteroatoms. The number of aromatic nitrogens is 2. The molecule has 100 valence electrons. The Kier molecular flexibility index (Phi) is 2.98. The minimum atomic E-state index is -0.906. The van der Waals surface area contributed by atoms with Crippen molar-refractivity contribution in [3.63, 3.8) is 0 Å². The second kappa shape index (κ2) is 4.66. The zero-order valence-corrected chi connectivity index (χ0v) is 10.9. The van der Waals surface area contributed by atoms with Crippen LogP contribution >= 0.6 is 0 Å². The number of pyridine rings is 1. The van der Waals surface area contributed by atoms with Crippen LogP contribution in [-0.4, -0.2) is 45.5 Å². The Morgan fingerprint density at radius 2 is 2.05 bits per heavy atom. The molecule has 19 heavy (non-hydrogen) atoms. The second-order valence-corrected chi connectivity index (χ2v) is 5.23. The fourth-order valence-electron chi connectivity index (χ4n) is 2.64. The summed E-state index contributed by atoms with van der Waals surface area (Å²) in [6.45, 7) is 2.19. The maximum atomic E-state index is 10.9. The van der Waals surface area contributed by atoms with E-state index in [0.29, 0.717) is 11.5 Å². The molecule has 3 heterocycles. The van der Waals surface area contributed by atoms with Gasteiger partial charge in [0.05, 0.1) is 11.3 Å². The highest BCUT2D eigenvalue weighted by Gasteiger charge is 2.20. The largest absolute Gasteiger partial charge is 0.478 e. The summed E-state index contributed by atoms with van der Waals surface area (Å²) in [5, 5.41) is 8.99. The highest BCUT2D eigenvalue weighted by atomic mass is 16.4. The molecule has 1 aliphatic rings.